The summed E-state index contributed by atoms with van der Waals surface area (Å²) < 4.78 is 0. The Morgan fingerprint density at radius 2 is 1.79 bits per heavy atom. The van der Waals surface area contributed by atoms with Gasteiger partial charge in [0, 0.05) is 19.0 Å². The van der Waals surface area contributed by atoms with Crippen LogP contribution in [0.15, 0.2) is 59.4 Å². The van der Waals surface area contributed by atoms with Crippen molar-refractivity contribution >= 4 is 16.8 Å². The number of pyridine rings is 1. The lowest BCUT2D eigenvalue weighted by atomic mass is 10.1. The van der Waals surface area contributed by atoms with E-state index in [9.17, 15) is 9.59 Å². The number of hydrogen-bond acceptors (Lipinski definition) is 2. The second-order valence-corrected chi connectivity index (χ2v) is 6.02. The predicted molar refractivity (Wildman–Crippen MR) is 95.7 cm³/mol. The number of amides is 1. The molecule has 2 aromatic carbocycles. The van der Waals surface area contributed by atoms with E-state index in [0.717, 1.165) is 22.0 Å². The van der Waals surface area contributed by atoms with Crippen molar-refractivity contribution in [1.29, 1.82) is 0 Å². The van der Waals surface area contributed by atoms with Crippen molar-refractivity contribution < 1.29 is 4.79 Å². The number of H-pyrrole nitrogens is 1. The van der Waals surface area contributed by atoms with Crippen molar-refractivity contribution in [3.8, 4) is 0 Å². The number of nitrogens with one attached hydrogen (secondary N) is 1. The van der Waals surface area contributed by atoms with Gasteiger partial charge in [0.25, 0.3) is 5.56 Å². The van der Waals surface area contributed by atoms with Gasteiger partial charge in [-0.3, -0.25) is 9.59 Å². The minimum Gasteiger partial charge on any atom is -0.334 e. The Hall–Kier alpha value is -2.88. The number of aryl methyl sites for hydroxylation is 1. The highest BCUT2D eigenvalue weighted by atomic mass is 16.2. The molecule has 0 aliphatic heterocycles. The van der Waals surface area contributed by atoms with Crippen molar-refractivity contribution in [2.24, 2.45) is 0 Å². The van der Waals surface area contributed by atoms with E-state index >= 15 is 0 Å². The first kappa shape index (κ1) is 16.0. The molecule has 0 atom stereocenters. The molecule has 4 heteroatoms. The number of hydrogen-bond donors (Lipinski definition) is 1. The highest BCUT2D eigenvalue weighted by Crippen LogP contribution is 2.16. The standard InChI is InChI=1S/C20H20N2O2/c1-14-7-6-10-17-11-18(20(24)21-19(14)17)13-22(15(2)23)12-16-8-4-3-5-9-16/h3-11H,12-13H2,1-2H3,(H,21,24). The molecule has 0 aliphatic carbocycles. The van der Waals surface area contributed by atoms with Crippen LogP contribution in [-0.4, -0.2) is 15.8 Å². The monoisotopic (exact) mass is 320 g/mol. The number of carbonyl (C=O) groups is 1. The molecule has 1 heterocycles. The SMILES string of the molecule is CC(=O)N(Cc1ccccc1)Cc1cc2cccc(C)c2[nH]c1=O. The molecule has 0 spiro atoms. The van der Waals surface area contributed by atoms with E-state index in [1.165, 1.54) is 6.92 Å². The van der Waals surface area contributed by atoms with Gasteiger partial charge in [-0.25, -0.2) is 0 Å². The van der Waals surface area contributed by atoms with Crippen molar-refractivity contribution in [2.75, 3.05) is 0 Å². The molecule has 0 aliphatic rings. The topological polar surface area (TPSA) is 53.2 Å². The number of rotatable bonds is 4. The molecule has 1 amide bonds. The molecule has 1 N–H and O–H groups in total. The molecule has 0 bridgehead atoms. The predicted octanol–water partition coefficient (Wildman–Crippen LogP) is 3.39. The highest BCUT2D eigenvalue weighted by molar-refractivity contribution is 5.82. The summed E-state index contributed by atoms with van der Waals surface area (Å²) in [5.41, 5.74) is 3.38. The first-order valence-electron chi connectivity index (χ1n) is 7.95. The summed E-state index contributed by atoms with van der Waals surface area (Å²) in [6, 6.07) is 17.6. The molecule has 0 saturated heterocycles. The van der Waals surface area contributed by atoms with Gasteiger partial charge in [0.1, 0.15) is 0 Å². The van der Waals surface area contributed by atoms with E-state index in [1.54, 1.807) is 4.90 Å². The van der Waals surface area contributed by atoms with Crippen LogP contribution in [0.2, 0.25) is 0 Å². The van der Waals surface area contributed by atoms with Gasteiger partial charge in [-0.1, -0.05) is 48.5 Å². The summed E-state index contributed by atoms with van der Waals surface area (Å²) in [6.45, 7) is 4.28. The molecule has 0 unspecified atom stereocenters. The summed E-state index contributed by atoms with van der Waals surface area (Å²) in [6.07, 6.45) is 0. The van der Waals surface area contributed by atoms with Crippen LogP contribution in [0.1, 0.15) is 23.6 Å². The van der Waals surface area contributed by atoms with Gasteiger partial charge in [-0.15, -0.1) is 0 Å². The van der Waals surface area contributed by atoms with Crippen molar-refractivity contribution in [3.05, 3.63) is 81.6 Å². The van der Waals surface area contributed by atoms with E-state index in [1.807, 2.05) is 61.5 Å². The van der Waals surface area contributed by atoms with Crippen LogP contribution in [-0.2, 0) is 17.9 Å². The average molecular weight is 320 g/mol. The highest BCUT2D eigenvalue weighted by Gasteiger charge is 2.13. The lowest BCUT2D eigenvalue weighted by Crippen LogP contribution is -2.30. The van der Waals surface area contributed by atoms with Gasteiger partial charge < -0.3 is 9.88 Å². The third-order valence-corrected chi connectivity index (χ3v) is 4.19. The molecular weight excluding hydrogens is 300 g/mol. The number of aromatic amines is 1. The van der Waals surface area contributed by atoms with Gasteiger partial charge in [0.2, 0.25) is 5.91 Å². The summed E-state index contributed by atoms with van der Waals surface area (Å²) in [5.74, 6) is -0.0532. The van der Waals surface area contributed by atoms with Crippen molar-refractivity contribution in [3.63, 3.8) is 0 Å². The van der Waals surface area contributed by atoms with Gasteiger partial charge in [0.05, 0.1) is 12.1 Å². The zero-order valence-corrected chi connectivity index (χ0v) is 13.9. The van der Waals surface area contributed by atoms with E-state index in [-0.39, 0.29) is 11.5 Å². The fourth-order valence-corrected chi connectivity index (χ4v) is 2.83. The number of benzene rings is 2. The van der Waals surface area contributed by atoms with Gasteiger partial charge in [0.15, 0.2) is 0 Å². The number of fused-ring (bicyclic) bond motifs is 1. The molecule has 3 aromatic rings. The Kier molecular flexibility index (Phi) is 4.47. The van der Waals surface area contributed by atoms with Crippen LogP contribution in [0.25, 0.3) is 10.9 Å². The van der Waals surface area contributed by atoms with Gasteiger partial charge in [-0.2, -0.15) is 0 Å². The van der Waals surface area contributed by atoms with Crippen molar-refractivity contribution in [2.45, 2.75) is 26.9 Å². The van der Waals surface area contributed by atoms with E-state index < -0.39 is 0 Å². The van der Waals surface area contributed by atoms with Crippen LogP contribution in [0.5, 0.6) is 0 Å². The van der Waals surface area contributed by atoms with Crippen LogP contribution in [0.4, 0.5) is 0 Å². The molecule has 3 rings (SSSR count). The third kappa shape index (κ3) is 3.38. The normalized spacial score (nSPS) is 10.8. The van der Waals surface area contributed by atoms with Gasteiger partial charge in [-0.05, 0) is 29.5 Å². The van der Waals surface area contributed by atoms with Crippen LogP contribution >= 0.6 is 0 Å². The Morgan fingerprint density at radius 3 is 2.50 bits per heavy atom. The number of para-hydroxylation sites is 1. The lowest BCUT2D eigenvalue weighted by molar-refractivity contribution is -0.130. The second kappa shape index (κ2) is 6.71. The Labute approximate surface area is 140 Å². The molecular formula is C20H20N2O2. The summed E-state index contributed by atoms with van der Waals surface area (Å²) >= 11 is 0. The second-order valence-electron chi connectivity index (χ2n) is 6.02. The first-order chi connectivity index (χ1) is 11.5. The van der Waals surface area contributed by atoms with Gasteiger partial charge >= 0.3 is 0 Å². The maximum atomic E-state index is 12.4. The quantitative estimate of drug-likeness (QED) is 0.801. The minimum absolute atomic E-state index is 0.0532. The van der Waals surface area contributed by atoms with E-state index in [4.69, 9.17) is 0 Å². The molecule has 0 saturated carbocycles. The number of carbonyl (C=O) groups excluding carboxylic acids is 1. The average Bonchev–Trinajstić information content (AvgIpc) is 2.56. The Bertz CT molecular complexity index is 929. The number of aromatic nitrogens is 1. The van der Waals surface area contributed by atoms with Crippen LogP contribution in [0.3, 0.4) is 0 Å². The Morgan fingerprint density at radius 1 is 1.04 bits per heavy atom. The summed E-state index contributed by atoms with van der Waals surface area (Å²) in [4.78, 5) is 29.0. The smallest absolute Gasteiger partial charge is 0.253 e. The lowest BCUT2D eigenvalue weighted by Gasteiger charge is -2.21. The minimum atomic E-state index is -0.142. The van der Waals surface area contributed by atoms with E-state index in [0.29, 0.717) is 18.7 Å². The fourth-order valence-electron chi connectivity index (χ4n) is 2.83. The van der Waals surface area contributed by atoms with Crippen molar-refractivity contribution in [1.82, 2.24) is 9.88 Å². The molecule has 0 fully saturated rings. The largest absolute Gasteiger partial charge is 0.334 e. The van der Waals surface area contributed by atoms with Crippen LogP contribution < -0.4 is 5.56 Å². The fraction of sp³-hybridized carbons (Fsp3) is 0.200. The molecule has 122 valence electrons. The summed E-state index contributed by atoms with van der Waals surface area (Å²) in [7, 11) is 0. The molecule has 0 radical (unpaired) electrons. The molecule has 4 nitrogen and oxygen atoms in total. The zero-order chi connectivity index (χ0) is 17.1. The molecule has 1 aromatic heterocycles. The third-order valence-electron chi connectivity index (χ3n) is 4.19. The zero-order valence-electron chi connectivity index (χ0n) is 13.9. The van der Waals surface area contributed by atoms with Crippen LogP contribution in [0, 0.1) is 6.92 Å². The number of nitrogens with zero attached hydrogens (tertiary/aromatic N) is 1. The first-order valence-corrected chi connectivity index (χ1v) is 7.95. The molecule has 24 heavy (non-hydrogen) atoms. The Balaban J connectivity index is 1.92. The summed E-state index contributed by atoms with van der Waals surface area (Å²) in [5, 5.41) is 0.979. The van der Waals surface area contributed by atoms with E-state index in [2.05, 4.69) is 4.98 Å². The maximum absolute atomic E-state index is 12.4. The maximum Gasteiger partial charge on any atom is 0.253 e.